The van der Waals surface area contributed by atoms with E-state index in [1.807, 2.05) is 44.2 Å². The van der Waals surface area contributed by atoms with Crippen molar-refractivity contribution in [3.8, 4) is 0 Å². The lowest BCUT2D eigenvalue weighted by Gasteiger charge is -2.40. The number of hydrogen-bond donors (Lipinski definition) is 1. The minimum atomic E-state index is -1.25. The maximum atomic E-state index is 15.0. The van der Waals surface area contributed by atoms with Crippen molar-refractivity contribution in [2.24, 2.45) is 11.8 Å². The van der Waals surface area contributed by atoms with Crippen LogP contribution in [0.25, 0.3) is 0 Å². The van der Waals surface area contributed by atoms with Gasteiger partial charge in [-0.3, -0.25) is 14.4 Å². The number of carbonyl (C=O) groups is 3. The number of halogens is 1. The summed E-state index contributed by atoms with van der Waals surface area (Å²) in [7, 11) is 0. The van der Waals surface area contributed by atoms with Crippen LogP contribution in [0.2, 0.25) is 5.02 Å². The first kappa shape index (κ1) is 32.9. The molecule has 45 heavy (non-hydrogen) atoms. The number of fused-ring (bicyclic) bond motifs is 1. The number of amides is 3. The van der Waals surface area contributed by atoms with Gasteiger partial charge in [-0.05, 0) is 49.8 Å². The molecular formula is C36H44ClN3O5. The number of nitrogens with zero attached hydrogens (tertiary/aromatic N) is 3. The average Bonchev–Trinajstić information content (AvgIpc) is 3.66. The summed E-state index contributed by atoms with van der Waals surface area (Å²) in [6, 6.07) is 14.8. The van der Waals surface area contributed by atoms with Crippen molar-refractivity contribution in [2.75, 3.05) is 31.1 Å². The molecule has 1 spiro atoms. The van der Waals surface area contributed by atoms with E-state index in [9.17, 15) is 14.7 Å². The van der Waals surface area contributed by atoms with Gasteiger partial charge in [-0.15, -0.1) is 13.2 Å². The number of likely N-dealkylation sites (tertiary alicyclic amines) is 1. The van der Waals surface area contributed by atoms with Gasteiger partial charge in [-0.25, -0.2) is 0 Å². The molecule has 3 heterocycles. The van der Waals surface area contributed by atoms with Crippen LogP contribution >= 0.6 is 11.6 Å². The molecule has 0 radical (unpaired) electrons. The summed E-state index contributed by atoms with van der Waals surface area (Å²) in [4.78, 5) is 49.2. The van der Waals surface area contributed by atoms with Crippen LogP contribution in [0.15, 0.2) is 79.9 Å². The molecule has 6 atom stereocenters. The molecule has 2 aromatic carbocycles. The predicted octanol–water partition coefficient (Wildman–Crippen LogP) is 5.04. The predicted molar refractivity (Wildman–Crippen MR) is 176 cm³/mol. The van der Waals surface area contributed by atoms with Gasteiger partial charge in [0.15, 0.2) is 0 Å². The molecule has 0 aliphatic carbocycles. The Morgan fingerprint density at radius 1 is 1.07 bits per heavy atom. The Labute approximate surface area is 271 Å². The number of carbonyl (C=O) groups excluding carboxylic acids is 3. The van der Waals surface area contributed by atoms with E-state index in [1.54, 1.807) is 46.2 Å². The third kappa shape index (κ3) is 5.51. The van der Waals surface area contributed by atoms with E-state index >= 15 is 4.79 Å². The maximum Gasteiger partial charge on any atom is 0.253 e. The number of ether oxygens (including phenoxy) is 1. The monoisotopic (exact) mass is 633 g/mol. The van der Waals surface area contributed by atoms with Gasteiger partial charge in [0.25, 0.3) is 5.91 Å². The molecule has 9 heteroatoms. The maximum absolute atomic E-state index is 15.0. The fraction of sp³-hybridized carbons (Fsp3) is 0.472. The number of aliphatic hydroxyl groups is 1. The molecule has 3 aliphatic heterocycles. The SMILES string of the molecule is C=CCN(CCC)C(=O)[C@@H]1[C@H]2C(=O)N([C@@H](CO)Cc3ccccc3)C(C(=O)N(CC=C)c3ccccc3Cl)C23CC[C@@]1(CC)O3. The van der Waals surface area contributed by atoms with Crippen LogP contribution in [0.3, 0.4) is 0 Å². The molecule has 240 valence electrons. The van der Waals surface area contributed by atoms with Crippen LogP contribution in [0, 0.1) is 11.8 Å². The van der Waals surface area contributed by atoms with Crippen molar-refractivity contribution >= 4 is 35.0 Å². The van der Waals surface area contributed by atoms with E-state index in [0.29, 0.717) is 49.5 Å². The average molecular weight is 634 g/mol. The van der Waals surface area contributed by atoms with Crippen LogP contribution in [0.1, 0.15) is 45.1 Å². The highest BCUT2D eigenvalue weighted by atomic mass is 35.5. The molecule has 2 unspecified atom stereocenters. The Morgan fingerprint density at radius 2 is 1.76 bits per heavy atom. The number of para-hydroxylation sites is 1. The van der Waals surface area contributed by atoms with E-state index in [0.717, 1.165) is 12.0 Å². The Kier molecular flexibility index (Phi) is 9.87. The molecule has 3 aliphatic rings. The standard InChI is InChI=1S/C36H44ClN3O5/c1-5-20-38(21-6-2)32(42)29-30-33(43)40(26(24-41)23-25-14-10-9-11-15-25)31(36(30)19-18-35(29,8-4)45-36)34(44)39(22-7-3)28-17-13-12-16-27(28)37/h5,7,9-17,26,29-31,41H,1,3,6,8,18-24H2,2,4H3/t26-,29+,30+,31?,35-,36?/m1/s1. The summed E-state index contributed by atoms with van der Waals surface area (Å²) in [5.41, 5.74) is -0.717. The molecular weight excluding hydrogens is 590 g/mol. The quantitative estimate of drug-likeness (QED) is 0.295. The second kappa shape index (κ2) is 13.5. The van der Waals surface area contributed by atoms with Crippen LogP contribution in [-0.4, -0.2) is 82.2 Å². The van der Waals surface area contributed by atoms with Gasteiger partial charge in [0.2, 0.25) is 11.8 Å². The molecule has 0 saturated carbocycles. The third-order valence-electron chi connectivity index (χ3n) is 9.91. The van der Waals surface area contributed by atoms with Crippen LogP contribution in [0.4, 0.5) is 5.69 Å². The Balaban J connectivity index is 1.66. The fourth-order valence-corrected chi connectivity index (χ4v) is 8.25. The zero-order chi connectivity index (χ0) is 32.4. The van der Waals surface area contributed by atoms with E-state index in [4.69, 9.17) is 16.3 Å². The molecule has 2 aromatic rings. The number of benzene rings is 2. The van der Waals surface area contributed by atoms with Crippen LogP contribution in [0.5, 0.6) is 0 Å². The molecule has 3 fully saturated rings. The normalized spacial score (nSPS) is 27.2. The second-order valence-corrected chi connectivity index (χ2v) is 12.8. The lowest BCUT2D eigenvalue weighted by atomic mass is 9.64. The number of anilines is 1. The van der Waals surface area contributed by atoms with Gasteiger partial charge in [0, 0.05) is 19.6 Å². The van der Waals surface area contributed by atoms with Gasteiger partial charge < -0.3 is 24.5 Å². The van der Waals surface area contributed by atoms with Gasteiger partial charge in [0.05, 0.1) is 40.8 Å². The molecule has 3 amide bonds. The van der Waals surface area contributed by atoms with Crippen molar-refractivity contribution in [2.45, 2.75) is 69.2 Å². The molecule has 2 bridgehead atoms. The summed E-state index contributed by atoms with van der Waals surface area (Å²) in [6.07, 6.45) is 5.92. The van der Waals surface area contributed by atoms with Crippen molar-refractivity contribution in [3.63, 3.8) is 0 Å². The first-order chi connectivity index (χ1) is 21.7. The van der Waals surface area contributed by atoms with Crippen molar-refractivity contribution in [1.82, 2.24) is 9.80 Å². The highest BCUT2D eigenvalue weighted by molar-refractivity contribution is 6.34. The zero-order valence-electron chi connectivity index (χ0n) is 26.2. The van der Waals surface area contributed by atoms with Crippen molar-refractivity contribution in [3.05, 3.63) is 90.5 Å². The Hall–Kier alpha value is -3.46. The Bertz CT molecular complexity index is 1430. The first-order valence-electron chi connectivity index (χ1n) is 16.0. The smallest absolute Gasteiger partial charge is 0.253 e. The van der Waals surface area contributed by atoms with E-state index in [1.165, 1.54) is 4.90 Å². The van der Waals surface area contributed by atoms with Crippen LogP contribution < -0.4 is 4.90 Å². The summed E-state index contributed by atoms with van der Waals surface area (Å²) < 4.78 is 7.01. The second-order valence-electron chi connectivity index (χ2n) is 12.4. The molecule has 5 rings (SSSR count). The highest BCUT2D eigenvalue weighted by Crippen LogP contribution is 2.65. The van der Waals surface area contributed by atoms with E-state index < -0.39 is 35.1 Å². The van der Waals surface area contributed by atoms with Gasteiger partial charge >= 0.3 is 0 Å². The minimum absolute atomic E-state index is 0.148. The summed E-state index contributed by atoms with van der Waals surface area (Å²) >= 11 is 6.62. The van der Waals surface area contributed by atoms with E-state index in [-0.39, 0.29) is 30.9 Å². The van der Waals surface area contributed by atoms with Gasteiger partial charge in [0.1, 0.15) is 11.6 Å². The molecule has 1 N–H and O–H groups in total. The lowest BCUT2D eigenvalue weighted by molar-refractivity contribution is -0.153. The first-order valence-corrected chi connectivity index (χ1v) is 16.3. The fourth-order valence-electron chi connectivity index (χ4n) is 8.01. The Morgan fingerprint density at radius 3 is 2.38 bits per heavy atom. The summed E-state index contributed by atoms with van der Waals surface area (Å²) in [6.45, 7) is 12.4. The van der Waals surface area contributed by atoms with E-state index in [2.05, 4.69) is 13.2 Å². The van der Waals surface area contributed by atoms with Crippen molar-refractivity contribution in [1.29, 1.82) is 0 Å². The zero-order valence-corrected chi connectivity index (χ0v) is 27.0. The lowest BCUT2D eigenvalue weighted by Crippen LogP contribution is -2.59. The third-order valence-corrected chi connectivity index (χ3v) is 10.2. The minimum Gasteiger partial charge on any atom is -0.394 e. The van der Waals surface area contributed by atoms with Gasteiger partial charge in [-0.1, -0.05) is 80.1 Å². The van der Waals surface area contributed by atoms with Gasteiger partial charge in [-0.2, -0.15) is 0 Å². The van der Waals surface area contributed by atoms with Crippen molar-refractivity contribution < 1.29 is 24.2 Å². The number of hydrogen-bond acceptors (Lipinski definition) is 5. The number of aliphatic hydroxyl groups excluding tert-OH is 1. The summed E-state index contributed by atoms with van der Waals surface area (Å²) in [5.74, 6) is -2.49. The van der Waals surface area contributed by atoms with Crippen LogP contribution in [-0.2, 0) is 25.5 Å². The summed E-state index contributed by atoms with van der Waals surface area (Å²) in [5, 5.41) is 11.2. The largest absolute Gasteiger partial charge is 0.394 e. The highest BCUT2D eigenvalue weighted by Gasteiger charge is 2.79. The topological polar surface area (TPSA) is 90.4 Å². The molecule has 0 aromatic heterocycles. The number of rotatable bonds is 14. The molecule has 3 saturated heterocycles. The molecule has 8 nitrogen and oxygen atoms in total.